The SMILES string of the molecule is CCCCNc1ncc(C)cc1N. The lowest BCUT2D eigenvalue weighted by Crippen LogP contribution is -2.05. The summed E-state index contributed by atoms with van der Waals surface area (Å²) >= 11 is 0. The van der Waals surface area contributed by atoms with Gasteiger partial charge in [-0.2, -0.15) is 0 Å². The van der Waals surface area contributed by atoms with E-state index in [4.69, 9.17) is 5.73 Å². The third-order valence-corrected chi connectivity index (χ3v) is 1.88. The summed E-state index contributed by atoms with van der Waals surface area (Å²) in [5.74, 6) is 0.805. The summed E-state index contributed by atoms with van der Waals surface area (Å²) in [5.41, 5.74) is 7.61. The maximum atomic E-state index is 5.78. The fraction of sp³-hybridized carbons (Fsp3) is 0.500. The van der Waals surface area contributed by atoms with Gasteiger partial charge >= 0.3 is 0 Å². The zero-order valence-electron chi connectivity index (χ0n) is 8.30. The lowest BCUT2D eigenvalue weighted by atomic mass is 10.3. The molecule has 1 aromatic rings. The number of nitrogen functional groups attached to an aromatic ring is 1. The van der Waals surface area contributed by atoms with Crippen LogP contribution in [0.15, 0.2) is 12.3 Å². The molecule has 1 rings (SSSR count). The van der Waals surface area contributed by atoms with Crippen LogP contribution >= 0.6 is 0 Å². The van der Waals surface area contributed by atoms with Crippen LogP contribution < -0.4 is 11.1 Å². The van der Waals surface area contributed by atoms with E-state index in [-0.39, 0.29) is 0 Å². The summed E-state index contributed by atoms with van der Waals surface area (Å²) in [6.45, 7) is 5.09. The standard InChI is InChI=1S/C10H17N3/c1-3-4-5-12-10-9(11)6-8(2)7-13-10/h6-7H,3-5,11H2,1-2H3,(H,12,13). The van der Waals surface area contributed by atoms with Crippen molar-refractivity contribution in [3.05, 3.63) is 17.8 Å². The number of hydrogen-bond donors (Lipinski definition) is 2. The molecule has 3 nitrogen and oxygen atoms in total. The van der Waals surface area contributed by atoms with E-state index < -0.39 is 0 Å². The van der Waals surface area contributed by atoms with Gasteiger partial charge in [-0.25, -0.2) is 4.98 Å². The minimum Gasteiger partial charge on any atom is -0.396 e. The number of aryl methyl sites for hydroxylation is 1. The zero-order valence-corrected chi connectivity index (χ0v) is 8.30. The first-order valence-electron chi connectivity index (χ1n) is 4.70. The average Bonchev–Trinajstić information content (AvgIpc) is 2.09. The van der Waals surface area contributed by atoms with Crippen LogP contribution in [-0.2, 0) is 0 Å². The number of aromatic nitrogens is 1. The van der Waals surface area contributed by atoms with Crippen molar-refractivity contribution in [2.75, 3.05) is 17.6 Å². The summed E-state index contributed by atoms with van der Waals surface area (Å²) in [5, 5.41) is 3.20. The van der Waals surface area contributed by atoms with Crippen molar-refractivity contribution >= 4 is 11.5 Å². The number of nitrogens with one attached hydrogen (secondary N) is 1. The Morgan fingerprint density at radius 1 is 1.54 bits per heavy atom. The van der Waals surface area contributed by atoms with Gasteiger partial charge in [0.2, 0.25) is 0 Å². The van der Waals surface area contributed by atoms with E-state index in [0.29, 0.717) is 0 Å². The Morgan fingerprint density at radius 2 is 2.31 bits per heavy atom. The Kier molecular flexibility index (Phi) is 3.55. The smallest absolute Gasteiger partial charge is 0.149 e. The van der Waals surface area contributed by atoms with E-state index in [1.165, 1.54) is 6.42 Å². The molecule has 0 saturated heterocycles. The van der Waals surface area contributed by atoms with E-state index >= 15 is 0 Å². The van der Waals surface area contributed by atoms with Gasteiger partial charge in [-0.05, 0) is 25.0 Å². The Bertz CT molecular complexity index is 271. The van der Waals surface area contributed by atoms with Gasteiger partial charge in [-0.1, -0.05) is 13.3 Å². The fourth-order valence-corrected chi connectivity index (χ4v) is 1.12. The molecule has 0 aromatic carbocycles. The molecule has 0 aliphatic heterocycles. The van der Waals surface area contributed by atoms with Crippen LogP contribution in [0.25, 0.3) is 0 Å². The number of pyridine rings is 1. The van der Waals surface area contributed by atoms with Crippen molar-refractivity contribution in [2.24, 2.45) is 0 Å². The highest BCUT2D eigenvalue weighted by Crippen LogP contribution is 2.15. The molecule has 0 aliphatic carbocycles. The summed E-state index contributed by atoms with van der Waals surface area (Å²) in [7, 11) is 0. The van der Waals surface area contributed by atoms with E-state index in [1.54, 1.807) is 0 Å². The van der Waals surface area contributed by atoms with Crippen molar-refractivity contribution in [3.63, 3.8) is 0 Å². The van der Waals surface area contributed by atoms with Gasteiger partial charge in [0.1, 0.15) is 5.82 Å². The number of rotatable bonds is 4. The number of hydrogen-bond acceptors (Lipinski definition) is 3. The van der Waals surface area contributed by atoms with Crippen molar-refractivity contribution in [2.45, 2.75) is 26.7 Å². The first-order chi connectivity index (χ1) is 6.24. The number of anilines is 2. The van der Waals surface area contributed by atoms with Crippen LogP contribution in [0.5, 0.6) is 0 Å². The highest BCUT2D eigenvalue weighted by Gasteiger charge is 1.98. The molecule has 0 atom stereocenters. The number of nitrogens with two attached hydrogens (primary N) is 1. The Morgan fingerprint density at radius 3 is 2.92 bits per heavy atom. The third kappa shape index (κ3) is 2.93. The Balaban J connectivity index is 2.56. The van der Waals surface area contributed by atoms with Gasteiger partial charge in [0.05, 0.1) is 5.69 Å². The second-order valence-corrected chi connectivity index (χ2v) is 3.23. The molecule has 72 valence electrons. The molecule has 13 heavy (non-hydrogen) atoms. The predicted octanol–water partition coefficient (Wildman–Crippen LogP) is 2.18. The molecule has 0 unspecified atom stereocenters. The molecule has 0 aliphatic rings. The van der Waals surface area contributed by atoms with Crippen molar-refractivity contribution in [3.8, 4) is 0 Å². The predicted molar refractivity (Wildman–Crippen MR) is 56.8 cm³/mol. The molecule has 1 aromatic heterocycles. The average molecular weight is 179 g/mol. The van der Waals surface area contributed by atoms with Crippen molar-refractivity contribution in [1.82, 2.24) is 4.98 Å². The quantitative estimate of drug-likeness (QED) is 0.696. The molecule has 0 saturated carbocycles. The minimum atomic E-state index is 0.733. The normalized spacial score (nSPS) is 10.0. The highest BCUT2D eigenvalue weighted by atomic mass is 15.0. The lowest BCUT2D eigenvalue weighted by Gasteiger charge is -2.07. The maximum Gasteiger partial charge on any atom is 0.149 e. The van der Waals surface area contributed by atoms with Gasteiger partial charge in [-0.15, -0.1) is 0 Å². The lowest BCUT2D eigenvalue weighted by molar-refractivity contribution is 0.831. The highest BCUT2D eigenvalue weighted by molar-refractivity contribution is 5.61. The number of unbranched alkanes of at least 4 members (excludes halogenated alkanes) is 1. The molecular formula is C10H17N3. The second kappa shape index (κ2) is 4.70. The van der Waals surface area contributed by atoms with Crippen LogP contribution in [0.1, 0.15) is 25.3 Å². The van der Waals surface area contributed by atoms with Gasteiger partial charge < -0.3 is 11.1 Å². The van der Waals surface area contributed by atoms with E-state index in [2.05, 4.69) is 17.2 Å². The summed E-state index contributed by atoms with van der Waals surface area (Å²) in [4.78, 5) is 4.21. The zero-order chi connectivity index (χ0) is 9.68. The van der Waals surface area contributed by atoms with Gasteiger partial charge in [0.15, 0.2) is 0 Å². The molecule has 3 heteroatoms. The fourth-order valence-electron chi connectivity index (χ4n) is 1.12. The molecular weight excluding hydrogens is 162 g/mol. The van der Waals surface area contributed by atoms with Gasteiger partial charge in [0, 0.05) is 12.7 Å². The van der Waals surface area contributed by atoms with Crippen molar-refractivity contribution < 1.29 is 0 Å². The molecule has 0 fully saturated rings. The largest absolute Gasteiger partial charge is 0.396 e. The van der Waals surface area contributed by atoms with Crippen LogP contribution in [0, 0.1) is 6.92 Å². The summed E-state index contributed by atoms with van der Waals surface area (Å²) in [6.07, 6.45) is 4.15. The second-order valence-electron chi connectivity index (χ2n) is 3.23. The molecule has 1 heterocycles. The topological polar surface area (TPSA) is 50.9 Å². The Hall–Kier alpha value is -1.25. The third-order valence-electron chi connectivity index (χ3n) is 1.88. The summed E-state index contributed by atoms with van der Waals surface area (Å²) < 4.78 is 0. The number of nitrogens with zero attached hydrogens (tertiary/aromatic N) is 1. The minimum absolute atomic E-state index is 0.733. The van der Waals surface area contributed by atoms with Gasteiger partial charge in [-0.3, -0.25) is 0 Å². The molecule has 3 N–H and O–H groups in total. The van der Waals surface area contributed by atoms with E-state index in [1.807, 2.05) is 19.2 Å². The monoisotopic (exact) mass is 179 g/mol. The van der Waals surface area contributed by atoms with Crippen molar-refractivity contribution in [1.29, 1.82) is 0 Å². The first kappa shape index (κ1) is 9.84. The van der Waals surface area contributed by atoms with Crippen LogP contribution in [-0.4, -0.2) is 11.5 Å². The summed E-state index contributed by atoms with van der Waals surface area (Å²) in [6, 6.07) is 1.93. The van der Waals surface area contributed by atoms with Gasteiger partial charge in [0.25, 0.3) is 0 Å². The maximum absolute atomic E-state index is 5.78. The molecule has 0 amide bonds. The molecule has 0 spiro atoms. The van der Waals surface area contributed by atoms with Crippen LogP contribution in [0.4, 0.5) is 11.5 Å². The molecule has 0 bridgehead atoms. The Labute approximate surface area is 79.4 Å². The van der Waals surface area contributed by atoms with Crippen LogP contribution in [0.2, 0.25) is 0 Å². The van der Waals surface area contributed by atoms with E-state index in [0.717, 1.165) is 30.0 Å². The molecule has 0 radical (unpaired) electrons. The van der Waals surface area contributed by atoms with Crippen LogP contribution in [0.3, 0.4) is 0 Å². The first-order valence-corrected chi connectivity index (χ1v) is 4.70. The van der Waals surface area contributed by atoms with E-state index in [9.17, 15) is 0 Å².